The first-order valence-corrected chi connectivity index (χ1v) is 10.4. The Bertz CT molecular complexity index is 920. The van der Waals surface area contributed by atoms with Crippen LogP contribution >= 0.6 is 34.7 Å². The molecule has 1 amide bonds. The Balaban J connectivity index is 1.71. The molecule has 3 aromatic rings. The summed E-state index contributed by atoms with van der Waals surface area (Å²) in [6, 6.07) is 9.40. The van der Waals surface area contributed by atoms with E-state index < -0.39 is 0 Å². The third kappa shape index (κ3) is 4.47. The zero-order chi connectivity index (χ0) is 18.7. The number of nitrogens with zero attached hydrogens (tertiary/aromatic N) is 3. The lowest BCUT2D eigenvalue weighted by atomic mass is 10.3. The summed E-state index contributed by atoms with van der Waals surface area (Å²) in [6.45, 7) is 6.24. The van der Waals surface area contributed by atoms with Crippen LogP contribution in [0.3, 0.4) is 0 Å². The van der Waals surface area contributed by atoms with Crippen molar-refractivity contribution in [3.8, 4) is 11.4 Å². The summed E-state index contributed by atoms with van der Waals surface area (Å²) in [6.07, 6.45) is 0. The van der Waals surface area contributed by atoms with Crippen molar-refractivity contribution in [2.45, 2.75) is 32.0 Å². The Kier molecular flexibility index (Phi) is 6.01. The maximum Gasteiger partial charge on any atom is 0.234 e. The van der Waals surface area contributed by atoms with Gasteiger partial charge in [0.15, 0.2) is 11.0 Å². The third-order valence-corrected chi connectivity index (χ3v) is 5.65. The standard InChI is InChI=1S/C18H19ClN4OS2/c1-11(2)23-17(13-7-12(3)25-9-13)21-22-18(23)26-10-16(24)20-15-6-4-5-14(19)8-15/h4-9,11H,10H2,1-3H3,(H,20,24). The SMILES string of the molecule is Cc1cc(-c2nnc(SCC(=O)Nc3cccc(Cl)c3)n2C(C)C)cs1. The monoisotopic (exact) mass is 406 g/mol. The molecule has 0 saturated carbocycles. The van der Waals surface area contributed by atoms with Crippen molar-refractivity contribution in [2.24, 2.45) is 0 Å². The van der Waals surface area contributed by atoms with E-state index in [4.69, 9.17) is 11.6 Å². The van der Waals surface area contributed by atoms with E-state index in [9.17, 15) is 4.79 Å². The highest BCUT2D eigenvalue weighted by Gasteiger charge is 2.18. The molecule has 0 aliphatic rings. The predicted octanol–water partition coefficient (Wildman–Crippen LogP) is 5.28. The first-order chi connectivity index (χ1) is 12.4. The smallest absolute Gasteiger partial charge is 0.234 e. The number of hydrogen-bond donors (Lipinski definition) is 1. The van der Waals surface area contributed by atoms with Crippen molar-refractivity contribution >= 4 is 46.3 Å². The minimum absolute atomic E-state index is 0.108. The van der Waals surface area contributed by atoms with Gasteiger partial charge in [0.05, 0.1) is 5.75 Å². The number of carbonyl (C=O) groups excluding carboxylic acids is 1. The molecule has 0 saturated heterocycles. The summed E-state index contributed by atoms with van der Waals surface area (Å²) in [5.41, 5.74) is 1.74. The molecule has 1 N–H and O–H groups in total. The van der Waals surface area contributed by atoms with Crippen LogP contribution in [0.5, 0.6) is 0 Å². The second kappa shape index (κ2) is 8.24. The molecule has 0 unspecified atom stereocenters. The summed E-state index contributed by atoms with van der Waals surface area (Å²) in [4.78, 5) is 13.5. The number of thioether (sulfide) groups is 1. The first kappa shape index (κ1) is 18.9. The zero-order valence-electron chi connectivity index (χ0n) is 14.7. The van der Waals surface area contributed by atoms with Gasteiger partial charge >= 0.3 is 0 Å². The number of aryl methyl sites for hydroxylation is 1. The molecule has 0 aliphatic carbocycles. The van der Waals surface area contributed by atoms with E-state index in [1.54, 1.807) is 29.5 Å². The number of hydrogen-bond acceptors (Lipinski definition) is 5. The molecule has 0 aliphatic heterocycles. The van der Waals surface area contributed by atoms with E-state index in [1.807, 2.05) is 6.07 Å². The highest BCUT2D eigenvalue weighted by atomic mass is 35.5. The fourth-order valence-electron chi connectivity index (χ4n) is 2.49. The maximum atomic E-state index is 12.2. The van der Waals surface area contributed by atoms with Gasteiger partial charge in [-0.2, -0.15) is 0 Å². The molecule has 1 aromatic carbocycles. The molecule has 0 radical (unpaired) electrons. The van der Waals surface area contributed by atoms with Gasteiger partial charge in [0.2, 0.25) is 5.91 Å². The molecular weight excluding hydrogens is 388 g/mol. The van der Waals surface area contributed by atoms with E-state index in [2.05, 4.69) is 52.3 Å². The van der Waals surface area contributed by atoms with Crippen molar-refractivity contribution in [1.82, 2.24) is 14.8 Å². The van der Waals surface area contributed by atoms with Crippen LogP contribution in [-0.4, -0.2) is 26.4 Å². The lowest BCUT2D eigenvalue weighted by Crippen LogP contribution is -2.15. The zero-order valence-corrected chi connectivity index (χ0v) is 17.1. The minimum Gasteiger partial charge on any atom is -0.325 e. The van der Waals surface area contributed by atoms with Gasteiger partial charge in [-0.05, 0) is 45.0 Å². The first-order valence-electron chi connectivity index (χ1n) is 8.12. The maximum absolute atomic E-state index is 12.2. The number of amides is 1. The molecule has 0 fully saturated rings. The number of aromatic nitrogens is 3. The molecule has 0 atom stereocenters. The second-order valence-corrected chi connectivity index (χ2v) is 8.56. The topological polar surface area (TPSA) is 59.8 Å². The summed E-state index contributed by atoms with van der Waals surface area (Å²) < 4.78 is 2.07. The largest absolute Gasteiger partial charge is 0.325 e. The molecule has 2 aromatic heterocycles. The fourth-order valence-corrected chi connectivity index (χ4v) is 4.23. The fraction of sp³-hybridized carbons (Fsp3) is 0.278. The van der Waals surface area contributed by atoms with Gasteiger partial charge in [-0.3, -0.25) is 9.36 Å². The van der Waals surface area contributed by atoms with Gasteiger partial charge in [-0.1, -0.05) is 29.4 Å². The summed E-state index contributed by atoms with van der Waals surface area (Å²) in [5.74, 6) is 0.977. The number of anilines is 1. The molecule has 3 rings (SSSR count). The van der Waals surface area contributed by atoms with Crippen LogP contribution in [0.15, 0.2) is 40.9 Å². The quantitative estimate of drug-likeness (QED) is 0.565. The molecule has 0 bridgehead atoms. The van der Waals surface area contributed by atoms with E-state index in [-0.39, 0.29) is 17.7 Å². The van der Waals surface area contributed by atoms with Gasteiger partial charge in [-0.25, -0.2) is 0 Å². The number of nitrogens with one attached hydrogen (secondary N) is 1. The average molecular weight is 407 g/mol. The summed E-state index contributed by atoms with van der Waals surface area (Å²) in [7, 11) is 0. The Morgan fingerprint density at radius 2 is 2.15 bits per heavy atom. The predicted molar refractivity (Wildman–Crippen MR) is 109 cm³/mol. The molecule has 136 valence electrons. The van der Waals surface area contributed by atoms with Crippen LogP contribution in [0, 0.1) is 6.92 Å². The van der Waals surface area contributed by atoms with Crippen LogP contribution in [0.4, 0.5) is 5.69 Å². The Labute approximate surface area is 165 Å². The summed E-state index contributed by atoms with van der Waals surface area (Å²) >= 11 is 9.01. The minimum atomic E-state index is -0.108. The van der Waals surface area contributed by atoms with Gasteiger partial charge < -0.3 is 5.32 Å². The summed E-state index contributed by atoms with van der Waals surface area (Å²) in [5, 5.41) is 14.9. The second-order valence-electron chi connectivity index (χ2n) is 6.06. The number of halogens is 1. The van der Waals surface area contributed by atoms with Gasteiger partial charge in [0.25, 0.3) is 0 Å². The van der Waals surface area contributed by atoms with E-state index in [0.29, 0.717) is 10.7 Å². The van der Waals surface area contributed by atoms with E-state index in [0.717, 1.165) is 16.5 Å². The Morgan fingerprint density at radius 3 is 2.81 bits per heavy atom. The molecule has 8 heteroatoms. The highest BCUT2D eigenvalue weighted by Crippen LogP contribution is 2.30. The lowest BCUT2D eigenvalue weighted by molar-refractivity contribution is -0.113. The van der Waals surface area contributed by atoms with Gasteiger partial charge in [0, 0.05) is 32.6 Å². The molecule has 26 heavy (non-hydrogen) atoms. The van der Waals surface area contributed by atoms with Crippen LogP contribution < -0.4 is 5.32 Å². The molecule has 2 heterocycles. The third-order valence-electron chi connectivity index (χ3n) is 3.61. The van der Waals surface area contributed by atoms with Crippen molar-refractivity contribution in [2.75, 3.05) is 11.1 Å². The van der Waals surface area contributed by atoms with Crippen molar-refractivity contribution in [1.29, 1.82) is 0 Å². The highest BCUT2D eigenvalue weighted by molar-refractivity contribution is 7.99. The average Bonchev–Trinajstić information content (AvgIpc) is 3.18. The van der Waals surface area contributed by atoms with Gasteiger partial charge in [0.1, 0.15) is 0 Å². The number of benzene rings is 1. The van der Waals surface area contributed by atoms with Crippen LogP contribution in [0.2, 0.25) is 5.02 Å². The van der Waals surface area contributed by atoms with Crippen LogP contribution in [0.1, 0.15) is 24.8 Å². The Hall–Kier alpha value is -1.83. The lowest BCUT2D eigenvalue weighted by Gasteiger charge is -2.13. The van der Waals surface area contributed by atoms with E-state index >= 15 is 0 Å². The normalized spacial score (nSPS) is 11.1. The van der Waals surface area contributed by atoms with Gasteiger partial charge in [-0.15, -0.1) is 21.5 Å². The van der Waals surface area contributed by atoms with Crippen LogP contribution in [-0.2, 0) is 4.79 Å². The number of thiophene rings is 1. The van der Waals surface area contributed by atoms with Crippen molar-refractivity contribution in [3.05, 3.63) is 45.6 Å². The van der Waals surface area contributed by atoms with Crippen LogP contribution in [0.25, 0.3) is 11.4 Å². The van der Waals surface area contributed by atoms with Crippen molar-refractivity contribution < 1.29 is 4.79 Å². The van der Waals surface area contributed by atoms with E-state index in [1.165, 1.54) is 16.6 Å². The number of carbonyl (C=O) groups is 1. The molecular formula is C18H19ClN4OS2. The molecule has 0 spiro atoms. The molecule has 5 nitrogen and oxygen atoms in total. The Morgan fingerprint density at radius 1 is 1.35 bits per heavy atom. The number of rotatable bonds is 6. The van der Waals surface area contributed by atoms with Crippen molar-refractivity contribution in [3.63, 3.8) is 0 Å².